The first kappa shape index (κ1) is 14.6. The van der Waals surface area contributed by atoms with Crippen LogP contribution in [0, 0.1) is 11.8 Å². The summed E-state index contributed by atoms with van der Waals surface area (Å²) in [5, 5.41) is 0.106. The van der Waals surface area contributed by atoms with Crippen molar-refractivity contribution in [1.29, 1.82) is 0 Å². The minimum Gasteiger partial charge on any atom is -0.413 e. The van der Waals surface area contributed by atoms with Gasteiger partial charge < -0.3 is 9.22 Å². The van der Waals surface area contributed by atoms with E-state index in [1.54, 1.807) is 0 Å². The molecule has 1 aliphatic carbocycles. The summed E-state index contributed by atoms with van der Waals surface area (Å²) in [6.07, 6.45) is 1.10. The largest absolute Gasteiger partial charge is 0.413 e. The molecule has 0 heterocycles. The van der Waals surface area contributed by atoms with E-state index in [0.29, 0.717) is 6.42 Å². The highest BCUT2D eigenvalue weighted by Crippen LogP contribution is 2.40. The Morgan fingerprint density at radius 3 is 2.29 bits per heavy atom. The van der Waals surface area contributed by atoms with Crippen molar-refractivity contribution >= 4 is 20.4 Å². The normalized spacial score (nSPS) is 30.7. The van der Waals surface area contributed by atoms with E-state index in [1.807, 2.05) is 6.92 Å². The summed E-state index contributed by atoms with van der Waals surface area (Å²) in [6, 6.07) is 0. The van der Waals surface area contributed by atoms with Crippen LogP contribution in [0.25, 0.3) is 0 Å². The van der Waals surface area contributed by atoms with Crippen molar-refractivity contribution in [3.63, 3.8) is 0 Å². The average molecular weight is 256 g/mol. The van der Waals surface area contributed by atoms with Crippen LogP contribution in [0.5, 0.6) is 0 Å². The number of hydrogen-bond donors (Lipinski definition) is 0. The first-order chi connectivity index (χ1) is 7.60. The fourth-order valence-corrected chi connectivity index (χ4v) is 3.29. The SMILES string of the molecule is C[C@@H]1C(=O)C[C@H](O[Si](C)(C)C(C)(C)C)[C@H]1C=O. The number of Topliss-reactive ketones (excluding diaryl/α,β-unsaturated/α-hetero) is 1. The number of carbonyl (C=O) groups excluding carboxylic acids is 2. The van der Waals surface area contributed by atoms with E-state index < -0.39 is 8.32 Å². The molecule has 1 fully saturated rings. The van der Waals surface area contributed by atoms with Gasteiger partial charge in [0, 0.05) is 18.3 Å². The van der Waals surface area contributed by atoms with E-state index in [4.69, 9.17) is 4.43 Å². The third-order valence-electron chi connectivity index (χ3n) is 4.33. The molecular formula is C13H24O3Si. The molecule has 0 aromatic heterocycles. The molecule has 0 saturated heterocycles. The Morgan fingerprint density at radius 1 is 1.35 bits per heavy atom. The molecule has 0 N–H and O–H groups in total. The van der Waals surface area contributed by atoms with Crippen molar-refractivity contribution in [2.24, 2.45) is 11.8 Å². The standard InChI is InChI=1S/C13H24O3Si/c1-9-10(8-14)12(7-11(9)15)16-17(5,6)13(2,3)4/h8-10,12H,7H2,1-6H3/t9-,10-,12-/m0/s1. The van der Waals surface area contributed by atoms with Gasteiger partial charge in [-0.1, -0.05) is 27.7 Å². The van der Waals surface area contributed by atoms with Crippen LogP contribution < -0.4 is 0 Å². The summed E-state index contributed by atoms with van der Waals surface area (Å²) in [7, 11) is -1.90. The van der Waals surface area contributed by atoms with Crippen LogP contribution in [0.3, 0.4) is 0 Å². The Morgan fingerprint density at radius 2 is 1.88 bits per heavy atom. The van der Waals surface area contributed by atoms with Gasteiger partial charge in [0.05, 0.1) is 6.10 Å². The molecule has 0 amide bonds. The summed E-state index contributed by atoms with van der Waals surface area (Å²) in [5.41, 5.74) is 0. The lowest BCUT2D eigenvalue weighted by atomic mass is 9.98. The maximum Gasteiger partial charge on any atom is 0.192 e. The summed E-state index contributed by atoms with van der Waals surface area (Å²) < 4.78 is 6.19. The van der Waals surface area contributed by atoms with Crippen LogP contribution in [-0.4, -0.2) is 26.5 Å². The van der Waals surface area contributed by atoms with Gasteiger partial charge in [0.25, 0.3) is 0 Å². The number of hydrogen-bond acceptors (Lipinski definition) is 3. The molecule has 0 bridgehead atoms. The third-order valence-corrected chi connectivity index (χ3v) is 8.83. The summed E-state index contributed by atoms with van der Waals surface area (Å²) in [4.78, 5) is 22.8. The Kier molecular flexibility index (Phi) is 3.99. The molecule has 1 saturated carbocycles. The number of carbonyl (C=O) groups is 2. The van der Waals surface area contributed by atoms with Gasteiger partial charge in [-0.3, -0.25) is 4.79 Å². The molecule has 0 aromatic carbocycles. The molecule has 0 aliphatic heterocycles. The predicted octanol–water partition coefficient (Wildman–Crippen LogP) is 2.80. The highest BCUT2D eigenvalue weighted by Gasteiger charge is 2.46. The third kappa shape index (κ3) is 2.85. The van der Waals surface area contributed by atoms with Gasteiger partial charge in [-0.05, 0) is 18.1 Å². The second-order valence-electron chi connectivity index (χ2n) is 6.59. The molecule has 3 atom stereocenters. The summed E-state index contributed by atoms with van der Waals surface area (Å²) in [5.74, 6) is -0.273. The fraction of sp³-hybridized carbons (Fsp3) is 0.846. The van der Waals surface area contributed by atoms with Crippen molar-refractivity contribution in [3.8, 4) is 0 Å². The van der Waals surface area contributed by atoms with Gasteiger partial charge in [-0.2, -0.15) is 0 Å². The Hall–Kier alpha value is -0.483. The molecule has 0 radical (unpaired) electrons. The van der Waals surface area contributed by atoms with Crippen molar-refractivity contribution in [2.75, 3.05) is 0 Å². The second kappa shape index (κ2) is 4.65. The molecule has 0 aromatic rings. The van der Waals surface area contributed by atoms with Crippen LogP contribution in [0.1, 0.15) is 34.1 Å². The molecule has 98 valence electrons. The van der Waals surface area contributed by atoms with Crippen molar-refractivity contribution in [3.05, 3.63) is 0 Å². The molecule has 0 unspecified atom stereocenters. The maximum absolute atomic E-state index is 11.7. The van der Waals surface area contributed by atoms with Crippen molar-refractivity contribution in [1.82, 2.24) is 0 Å². The highest BCUT2D eigenvalue weighted by molar-refractivity contribution is 6.74. The average Bonchev–Trinajstić information content (AvgIpc) is 2.39. The van der Waals surface area contributed by atoms with Gasteiger partial charge in [-0.15, -0.1) is 0 Å². The highest BCUT2D eigenvalue weighted by atomic mass is 28.4. The predicted molar refractivity (Wildman–Crippen MR) is 70.4 cm³/mol. The van der Waals surface area contributed by atoms with Crippen LogP contribution in [0.4, 0.5) is 0 Å². The second-order valence-corrected chi connectivity index (χ2v) is 11.3. The Labute approximate surface area is 105 Å². The minimum absolute atomic E-state index is 0.106. The maximum atomic E-state index is 11.7. The van der Waals surface area contributed by atoms with Crippen LogP contribution in [0.2, 0.25) is 18.1 Å². The fourth-order valence-electron chi connectivity index (χ4n) is 1.94. The van der Waals surface area contributed by atoms with Crippen LogP contribution in [-0.2, 0) is 14.0 Å². The van der Waals surface area contributed by atoms with E-state index in [2.05, 4.69) is 33.9 Å². The first-order valence-electron chi connectivity index (χ1n) is 6.26. The molecule has 17 heavy (non-hydrogen) atoms. The molecular weight excluding hydrogens is 232 g/mol. The topological polar surface area (TPSA) is 43.4 Å². The molecule has 0 spiro atoms. The number of rotatable bonds is 3. The lowest BCUT2D eigenvalue weighted by Crippen LogP contribution is -2.45. The lowest BCUT2D eigenvalue weighted by Gasteiger charge is -2.39. The number of aldehydes is 1. The molecule has 1 aliphatic rings. The van der Waals surface area contributed by atoms with Gasteiger partial charge in [-0.25, -0.2) is 0 Å². The molecule has 4 heteroatoms. The molecule has 3 nitrogen and oxygen atoms in total. The first-order valence-corrected chi connectivity index (χ1v) is 9.17. The van der Waals surface area contributed by atoms with Crippen LogP contribution >= 0.6 is 0 Å². The van der Waals surface area contributed by atoms with Crippen LogP contribution in [0.15, 0.2) is 0 Å². The van der Waals surface area contributed by atoms with E-state index in [9.17, 15) is 9.59 Å². The zero-order chi connectivity index (χ0) is 13.4. The minimum atomic E-state index is -1.90. The Balaban J connectivity index is 2.82. The lowest BCUT2D eigenvalue weighted by molar-refractivity contribution is -0.122. The molecule has 1 rings (SSSR count). The smallest absolute Gasteiger partial charge is 0.192 e. The van der Waals surface area contributed by atoms with E-state index in [0.717, 1.165) is 6.29 Å². The van der Waals surface area contributed by atoms with E-state index >= 15 is 0 Å². The quantitative estimate of drug-likeness (QED) is 0.576. The number of ketones is 1. The van der Waals surface area contributed by atoms with Crippen molar-refractivity contribution in [2.45, 2.75) is 58.4 Å². The van der Waals surface area contributed by atoms with Gasteiger partial charge in [0.1, 0.15) is 12.1 Å². The van der Waals surface area contributed by atoms with Gasteiger partial charge >= 0.3 is 0 Å². The summed E-state index contributed by atoms with van der Waals surface area (Å²) in [6.45, 7) is 12.6. The van der Waals surface area contributed by atoms with E-state index in [1.165, 1.54) is 0 Å². The van der Waals surface area contributed by atoms with E-state index in [-0.39, 0.29) is 28.8 Å². The van der Waals surface area contributed by atoms with Gasteiger partial charge in [0.15, 0.2) is 8.32 Å². The Bertz CT molecular complexity index is 317. The van der Waals surface area contributed by atoms with Crippen molar-refractivity contribution < 1.29 is 14.0 Å². The monoisotopic (exact) mass is 256 g/mol. The van der Waals surface area contributed by atoms with Gasteiger partial charge in [0.2, 0.25) is 0 Å². The zero-order valence-electron chi connectivity index (χ0n) is 11.7. The zero-order valence-corrected chi connectivity index (χ0v) is 12.7. The summed E-state index contributed by atoms with van der Waals surface area (Å²) >= 11 is 0.